The fraction of sp³-hybridized carbons (Fsp3) is 0.333. The monoisotopic (exact) mass is 436 g/mol. The maximum atomic E-state index is 12.3. The number of anilines is 2. The van der Waals surface area contributed by atoms with Crippen molar-refractivity contribution in [2.24, 2.45) is 0 Å². The van der Waals surface area contributed by atoms with E-state index in [1.165, 1.54) is 0 Å². The van der Waals surface area contributed by atoms with Crippen molar-refractivity contribution in [1.82, 2.24) is 15.3 Å². The van der Waals surface area contributed by atoms with Crippen molar-refractivity contribution in [2.75, 3.05) is 18.5 Å². The number of amides is 1. The molecule has 1 aromatic carbocycles. The number of aromatic nitrogens is 2. The molecule has 32 heavy (non-hydrogen) atoms. The SMILES string of the molecule is CCCCOC(=O)N[C@@H](Cc1ccc(Nc2nccc3ccncc23)cc1)C(=O)OCC. The fourth-order valence-corrected chi connectivity index (χ4v) is 3.14. The predicted molar refractivity (Wildman–Crippen MR) is 123 cm³/mol. The van der Waals surface area contributed by atoms with E-state index < -0.39 is 18.1 Å². The predicted octanol–water partition coefficient (Wildman–Crippen LogP) is 4.37. The second kappa shape index (κ2) is 11.6. The van der Waals surface area contributed by atoms with Crippen molar-refractivity contribution in [3.8, 4) is 0 Å². The van der Waals surface area contributed by atoms with Gasteiger partial charge in [0.25, 0.3) is 0 Å². The molecule has 8 nitrogen and oxygen atoms in total. The topological polar surface area (TPSA) is 102 Å². The van der Waals surface area contributed by atoms with E-state index in [2.05, 4.69) is 20.6 Å². The molecule has 0 saturated carbocycles. The van der Waals surface area contributed by atoms with Gasteiger partial charge in [-0.05, 0) is 48.6 Å². The van der Waals surface area contributed by atoms with Gasteiger partial charge in [-0.2, -0.15) is 0 Å². The van der Waals surface area contributed by atoms with Crippen LogP contribution in [0.2, 0.25) is 0 Å². The molecule has 168 valence electrons. The summed E-state index contributed by atoms with van der Waals surface area (Å²) in [6.45, 7) is 4.29. The zero-order valence-corrected chi connectivity index (χ0v) is 18.3. The first-order valence-electron chi connectivity index (χ1n) is 10.7. The minimum Gasteiger partial charge on any atom is -0.464 e. The number of esters is 1. The summed E-state index contributed by atoms with van der Waals surface area (Å²) in [6.07, 6.45) is 6.62. The van der Waals surface area contributed by atoms with Crippen LogP contribution in [0.25, 0.3) is 10.8 Å². The van der Waals surface area contributed by atoms with Crippen LogP contribution in [0.4, 0.5) is 16.3 Å². The van der Waals surface area contributed by atoms with Gasteiger partial charge in [0.1, 0.15) is 11.9 Å². The van der Waals surface area contributed by atoms with Crippen molar-refractivity contribution >= 4 is 34.3 Å². The molecule has 2 aromatic heterocycles. The Labute approximate surface area is 187 Å². The highest BCUT2D eigenvalue weighted by atomic mass is 16.6. The van der Waals surface area contributed by atoms with E-state index in [1.54, 1.807) is 25.5 Å². The number of alkyl carbamates (subject to hydrolysis) is 1. The van der Waals surface area contributed by atoms with Crippen LogP contribution in [0.15, 0.2) is 55.0 Å². The number of hydrogen-bond acceptors (Lipinski definition) is 7. The molecule has 0 unspecified atom stereocenters. The van der Waals surface area contributed by atoms with Gasteiger partial charge < -0.3 is 20.1 Å². The Balaban J connectivity index is 1.67. The average molecular weight is 437 g/mol. The Hall–Kier alpha value is -3.68. The van der Waals surface area contributed by atoms with Crippen molar-refractivity contribution in [3.05, 3.63) is 60.6 Å². The maximum Gasteiger partial charge on any atom is 0.407 e. The van der Waals surface area contributed by atoms with E-state index in [-0.39, 0.29) is 6.61 Å². The number of ether oxygens (including phenoxy) is 2. The molecule has 0 radical (unpaired) electrons. The molecular formula is C24H28N4O4. The number of nitrogens with one attached hydrogen (secondary N) is 2. The minimum absolute atomic E-state index is 0.234. The number of rotatable bonds is 10. The molecule has 3 aromatic rings. The molecule has 1 atom stereocenters. The summed E-state index contributed by atoms with van der Waals surface area (Å²) in [7, 11) is 0. The molecule has 0 saturated heterocycles. The third-order valence-corrected chi connectivity index (χ3v) is 4.82. The van der Waals surface area contributed by atoms with Crippen LogP contribution in [0, 0.1) is 0 Å². The van der Waals surface area contributed by atoms with Crippen LogP contribution in [0.5, 0.6) is 0 Å². The van der Waals surface area contributed by atoms with Crippen LogP contribution in [0.3, 0.4) is 0 Å². The normalized spacial score (nSPS) is 11.6. The lowest BCUT2D eigenvalue weighted by atomic mass is 10.1. The Morgan fingerprint density at radius 2 is 1.81 bits per heavy atom. The van der Waals surface area contributed by atoms with Crippen molar-refractivity contribution in [1.29, 1.82) is 0 Å². The smallest absolute Gasteiger partial charge is 0.407 e. The van der Waals surface area contributed by atoms with E-state index in [4.69, 9.17) is 9.47 Å². The lowest BCUT2D eigenvalue weighted by molar-refractivity contribution is -0.145. The van der Waals surface area contributed by atoms with Crippen molar-refractivity contribution < 1.29 is 19.1 Å². The summed E-state index contributed by atoms with van der Waals surface area (Å²) in [4.78, 5) is 32.9. The van der Waals surface area contributed by atoms with Gasteiger partial charge in [-0.1, -0.05) is 25.5 Å². The van der Waals surface area contributed by atoms with Crippen molar-refractivity contribution in [3.63, 3.8) is 0 Å². The Bertz CT molecular complexity index is 1030. The molecule has 8 heteroatoms. The summed E-state index contributed by atoms with van der Waals surface area (Å²) >= 11 is 0. The number of carbonyl (C=O) groups is 2. The molecular weight excluding hydrogens is 408 g/mol. The second-order valence-electron chi connectivity index (χ2n) is 7.22. The quantitative estimate of drug-likeness (QED) is 0.359. The summed E-state index contributed by atoms with van der Waals surface area (Å²) in [5.74, 6) is 0.221. The van der Waals surface area contributed by atoms with Gasteiger partial charge in [0, 0.05) is 36.1 Å². The lowest BCUT2D eigenvalue weighted by Crippen LogP contribution is -2.43. The lowest BCUT2D eigenvalue weighted by Gasteiger charge is -2.17. The highest BCUT2D eigenvalue weighted by Gasteiger charge is 2.23. The summed E-state index contributed by atoms with van der Waals surface area (Å²) < 4.78 is 10.2. The molecule has 2 N–H and O–H groups in total. The van der Waals surface area contributed by atoms with Crippen LogP contribution in [-0.4, -0.2) is 41.3 Å². The number of pyridine rings is 2. The van der Waals surface area contributed by atoms with E-state index in [9.17, 15) is 9.59 Å². The van der Waals surface area contributed by atoms with Gasteiger partial charge in [-0.15, -0.1) is 0 Å². The number of fused-ring (bicyclic) bond motifs is 1. The maximum absolute atomic E-state index is 12.3. The van der Waals surface area contributed by atoms with Gasteiger partial charge in [-0.3, -0.25) is 4.98 Å². The van der Waals surface area contributed by atoms with Gasteiger partial charge in [-0.25, -0.2) is 14.6 Å². The van der Waals surface area contributed by atoms with Crippen LogP contribution >= 0.6 is 0 Å². The summed E-state index contributed by atoms with van der Waals surface area (Å²) in [5.41, 5.74) is 1.72. The minimum atomic E-state index is -0.825. The van der Waals surface area contributed by atoms with Gasteiger partial charge in [0.2, 0.25) is 0 Å². The largest absolute Gasteiger partial charge is 0.464 e. The molecule has 0 bridgehead atoms. The first-order valence-corrected chi connectivity index (χ1v) is 10.7. The number of hydrogen-bond donors (Lipinski definition) is 2. The third-order valence-electron chi connectivity index (χ3n) is 4.82. The van der Waals surface area contributed by atoms with Crippen LogP contribution in [-0.2, 0) is 20.7 Å². The third kappa shape index (κ3) is 6.41. The standard InChI is InChI=1S/C24H28N4O4/c1-3-5-14-32-24(30)28-21(23(29)31-4-2)15-17-6-8-19(9-7-17)27-22-20-16-25-12-10-18(20)11-13-26-22/h6-13,16,21H,3-5,14-15H2,1-2H3,(H,26,27)(H,28,30)/t21-/m0/s1. The van der Waals surface area contributed by atoms with Gasteiger partial charge in [0.15, 0.2) is 0 Å². The molecule has 0 aliphatic heterocycles. The molecule has 0 fully saturated rings. The number of carbonyl (C=O) groups excluding carboxylic acids is 2. The van der Waals surface area contributed by atoms with E-state index >= 15 is 0 Å². The molecule has 3 rings (SSSR count). The Kier molecular flexibility index (Phi) is 8.36. The molecule has 0 aliphatic carbocycles. The highest BCUT2D eigenvalue weighted by molar-refractivity contribution is 5.92. The average Bonchev–Trinajstić information content (AvgIpc) is 2.80. The molecule has 0 aliphatic rings. The second-order valence-corrected chi connectivity index (χ2v) is 7.22. The molecule has 0 spiro atoms. The number of benzene rings is 1. The van der Waals surface area contributed by atoms with Crippen molar-refractivity contribution in [2.45, 2.75) is 39.2 Å². The highest BCUT2D eigenvalue weighted by Crippen LogP contribution is 2.23. The number of nitrogens with zero attached hydrogens (tertiary/aromatic N) is 2. The first kappa shape index (κ1) is 23.0. The van der Waals surface area contributed by atoms with Gasteiger partial charge in [0.05, 0.1) is 13.2 Å². The van der Waals surface area contributed by atoms with E-state index in [0.29, 0.717) is 18.8 Å². The zero-order chi connectivity index (χ0) is 22.8. The number of unbranched alkanes of at least 4 members (excludes halogenated alkanes) is 1. The molecule has 2 heterocycles. The Morgan fingerprint density at radius 3 is 2.56 bits per heavy atom. The zero-order valence-electron chi connectivity index (χ0n) is 18.3. The van der Waals surface area contributed by atoms with Crippen LogP contribution in [0.1, 0.15) is 32.3 Å². The van der Waals surface area contributed by atoms with E-state index in [1.807, 2.05) is 43.3 Å². The summed E-state index contributed by atoms with van der Waals surface area (Å²) in [5, 5.41) is 7.88. The first-order chi connectivity index (χ1) is 15.6. The fourth-order valence-electron chi connectivity index (χ4n) is 3.14. The summed E-state index contributed by atoms with van der Waals surface area (Å²) in [6, 6.07) is 10.6. The molecule has 1 amide bonds. The van der Waals surface area contributed by atoms with E-state index in [0.717, 1.165) is 34.9 Å². The van der Waals surface area contributed by atoms with Gasteiger partial charge >= 0.3 is 12.1 Å². The Morgan fingerprint density at radius 1 is 1.03 bits per heavy atom. The van der Waals surface area contributed by atoms with Crippen LogP contribution < -0.4 is 10.6 Å².